The molecule has 8 bridgehead atoms. The number of piperazine rings is 1. The number of rotatable bonds is 0. The second-order valence-corrected chi connectivity index (χ2v) is 11.6. The van der Waals surface area contributed by atoms with E-state index in [0.29, 0.717) is 45.1 Å². The maximum Gasteiger partial charge on any atom is 0.245 e. The number of benzene rings is 1. The number of aliphatic hydroxyl groups excluding tert-OH is 1. The summed E-state index contributed by atoms with van der Waals surface area (Å²) in [6, 6.07) is 12.4. The van der Waals surface area contributed by atoms with Crippen molar-refractivity contribution >= 4 is 23.4 Å². The van der Waals surface area contributed by atoms with Crippen LogP contribution in [0.5, 0.6) is 0 Å². The maximum atomic E-state index is 13.5. The Hall–Kier alpha value is -3.64. The summed E-state index contributed by atoms with van der Waals surface area (Å²) in [6.07, 6.45) is 6.30. The molecule has 2 aromatic heterocycles. The van der Waals surface area contributed by atoms with Gasteiger partial charge in [0.05, 0.1) is 19.3 Å². The number of amides is 1. The number of carbonyl (C=O) groups excluding carboxylic acids is 1. The molecule has 0 aliphatic carbocycles. The van der Waals surface area contributed by atoms with Crippen LogP contribution in [0.2, 0.25) is 0 Å². The number of pyridine rings is 1. The maximum absolute atomic E-state index is 13.5. The lowest BCUT2D eigenvalue weighted by Gasteiger charge is -2.50. The Morgan fingerprint density at radius 2 is 1.83 bits per heavy atom. The molecule has 1 amide bonds. The Labute approximate surface area is 239 Å². The molecular weight excluding hydrogens is 520 g/mol. The van der Waals surface area contributed by atoms with Crippen molar-refractivity contribution in [3.8, 4) is 11.1 Å². The third-order valence-corrected chi connectivity index (χ3v) is 8.83. The molecule has 11 nitrogen and oxygen atoms in total. The highest BCUT2D eigenvalue weighted by atomic mass is 16.5. The van der Waals surface area contributed by atoms with Gasteiger partial charge in [-0.3, -0.25) is 14.6 Å². The van der Waals surface area contributed by atoms with Crippen molar-refractivity contribution in [2.45, 2.75) is 37.1 Å². The van der Waals surface area contributed by atoms with Crippen LogP contribution in [-0.2, 0) is 16.1 Å². The van der Waals surface area contributed by atoms with Crippen LogP contribution in [0.1, 0.15) is 18.4 Å². The fourth-order valence-corrected chi connectivity index (χ4v) is 6.46. The molecule has 1 spiro atoms. The number of nitrogens with zero attached hydrogens (tertiary/aromatic N) is 6. The average Bonchev–Trinajstić information content (AvgIpc) is 3.33. The number of hydrogen-bond acceptors (Lipinski definition) is 10. The molecule has 2 unspecified atom stereocenters. The summed E-state index contributed by atoms with van der Waals surface area (Å²) in [5, 5.41) is 17.1. The minimum Gasteiger partial charge on any atom is -0.391 e. The van der Waals surface area contributed by atoms with Crippen LogP contribution in [0.25, 0.3) is 11.1 Å². The van der Waals surface area contributed by atoms with E-state index < -0.39 is 11.6 Å². The van der Waals surface area contributed by atoms with E-state index in [2.05, 4.69) is 64.6 Å². The minimum atomic E-state index is -0.597. The zero-order valence-corrected chi connectivity index (χ0v) is 23.1. The van der Waals surface area contributed by atoms with Gasteiger partial charge in [0.1, 0.15) is 11.4 Å². The minimum absolute atomic E-state index is 0.0374. The van der Waals surface area contributed by atoms with Gasteiger partial charge in [0, 0.05) is 81.7 Å². The smallest absolute Gasteiger partial charge is 0.245 e. The normalized spacial score (nSPS) is 27.5. The molecule has 3 aromatic rings. The third-order valence-electron chi connectivity index (χ3n) is 8.83. The summed E-state index contributed by atoms with van der Waals surface area (Å²) in [5.74, 6) is 1.38. The fourth-order valence-electron chi connectivity index (χ4n) is 6.46. The zero-order chi connectivity index (χ0) is 27.8. The van der Waals surface area contributed by atoms with E-state index >= 15 is 0 Å². The second kappa shape index (κ2) is 11.0. The van der Waals surface area contributed by atoms with Crippen LogP contribution in [0.3, 0.4) is 0 Å². The molecule has 7 aliphatic heterocycles. The monoisotopic (exact) mass is 556 g/mol. The SMILES string of the molecule is O=C1NCCC2CC(O)CN2c2ncc(cn2)-c2ccnc(c2)Nc2cccc(c2)CN2CCN(CC2)C12COC2. The summed E-state index contributed by atoms with van der Waals surface area (Å²) in [5.41, 5.74) is 3.47. The highest BCUT2D eigenvalue weighted by Crippen LogP contribution is 2.30. The van der Waals surface area contributed by atoms with Crippen LogP contribution >= 0.6 is 0 Å². The van der Waals surface area contributed by atoms with Crippen LogP contribution in [0.15, 0.2) is 55.0 Å². The van der Waals surface area contributed by atoms with Gasteiger partial charge in [-0.05, 0) is 48.2 Å². The first-order valence-electron chi connectivity index (χ1n) is 14.5. The van der Waals surface area contributed by atoms with Gasteiger partial charge in [0.2, 0.25) is 11.9 Å². The number of aliphatic hydroxyl groups is 1. The predicted octanol–water partition coefficient (Wildman–Crippen LogP) is 1.63. The van der Waals surface area contributed by atoms with Crippen molar-refractivity contribution in [1.82, 2.24) is 30.1 Å². The lowest BCUT2D eigenvalue weighted by atomic mass is 9.92. The van der Waals surface area contributed by atoms with E-state index in [9.17, 15) is 9.90 Å². The number of ether oxygens (including phenoxy) is 1. The second-order valence-electron chi connectivity index (χ2n) is 11.6. The van der Waals surface area contributed by atoms with Gasteiger partial charge in [-0.25, -0.2) is 15.0 Å². The predicted molar refractivity (Wildman–Crippen MR) is 155 cm³/mol. The summed E-state index contributed by atoms with van der Waals surface area (Å²) < 4.78 is 5.59. The molecule has 0 saturated carbocycles. The molecule has 214 valence electrons. The van der Waals surface area contributed by atoms with Crippen LogP contribution < -0.4 is 15.5 Å². The van der Waals surface area contributed by atoms with Gasteiger partial charge in [0.25, 0.3) is 0 Å². The van der Waals surface area contributed by atoms with E-state index in [1.807, 2.05) is 24.5 Å². The van der Waals surface area contributed by atoms with Gasteiger partial charge in [-0.1, -0.05) is 12.1 Å². The molecule has 3 saturated heterocycles. The number of nitrogens with one attached hydrogen (secondary N) is 2. The Morgan fingerprint density at radius 1 is 1.00 bits per heavy atom. The molecule has 1 aromatic carbocycles. The molecular formula is C30H36N8O3. The van der Waals surface area contributed by atoms with Crippen molar-refractivity contribution in [2.24, 2.45) is 0 Å². The molecule has 11 heteroatoms. The lowest BCUT2D eigenvalue weighted by molar-refractivity contribution is -0.174. The lowest BCUT2D eigenvalue weighted by Crippen LogP contribution is -2.72. The largest absolute Gasteiger partial charge is 0.391 e. The Balaban J connectivity index is 1.18. The van der Waals surface area contributed by atoms with Gasteiger partial charge >= 0.3 is 0 Å². The van der Waals surface area contributed by atoms with Gasteiger partial charge in [0.15, 0.2) is 0 Å². The Kier molecular flexibility index (Phi) is 7.03. The van der Waals surface area contributed by atoms with E-state index in [0.717, 1.165) is 55.4 Å². The highest BCUT2D eigenvalue weighted by Gasteiger charge is 2.51. The quantitative estimate of drug-likeness (QED) is 0.377. The number of carbonyl (C=O) groups is 1. The average molecular weight is 557 g/mol. The zero-order valence-electron chi connectivity index (χ0n) is 23.1. The summed E-state index contributed by atoms with van der Waals surface area (Å²) >= 11 is 0. The number of hydrogen-bond donors (Lipinski definition) is 3. The topological polar surface area (TPSA) is 119 Å². The molecule has 0 radical (unpaired) electrons. The van der Waals surface area contributed by atoms with Gasteiger partial charge < -0.3 is 25.4 Å². The molecule has 10 rings (SSSR count). The highest BCUT2D eigenvalue weighted by molar-refractivity contribution is 5.87. The first kappa shape index (κ1) is 26.3. The van der Waals surface area contributed by atoms with Crippen molar-refractivity contribution in [2.75, 3.05) is 62.7 Å². The van der Waals surface area contributed by atoms with Crippen molar-refractivity contribution in [1.29, 1.82) is 0 Å². The van der Waals surface area contributed by atoms with Crippen LogP contribution in [-0.4, -0.2) is 106 Å². The molecule has 41 heavy (non-hydrogen) atoms. The van der Waals surface area contributed by atoms with Gasteiger partial charge in [-0.15, -0.1) is 0 Å². The standard InChI is InChI=1S/C30H36N8O3/c39-26-14-25-5-7-32-28(40)30(19-41-20-30)37-10-8-36(9-11-37)17-21-2-1-3-24(12-21)35-27-13-22(4-6-31-27)23-15-33-29(34-16-23)38(25)18-26/h1-4,6,12-13,15-16,25-26,39H,5,7-11,14,17-20H2,(H,31,35)(H,32,40). The van der Waals surface area contributed by atoms with E-state index in [1.165, 1.54) is 5.56 Å². The van der Waals surface area contributed by atoms with E-state index in [4.69, 9.17) is 4.74 Å². The molecule has 9 heterocycles. The fraction of sp³-hybridized carbons (Fsp3) is 0.467. The number of anilines is 3. The first-order chi connectivity index (χ1) is 20.1. The summed E-state index contributed by atoms with van der Waals surface area (Å²) in [7, 11) is 0. The third kappa shape index (κ3) is 5.26. The van der Waals surface area contributed by atoms with E-state index in [-0.39, 0.29) is 11.9 Å². The van der Waals surface area contributed by atoms with Crippen molar-refractivity contribution < 1.29 is 14.6 Å². The molecule has 3 fully saturated rings. The van der Waals surface area contributed by atoms with Crippen LogP contribution in [0.4, 0.5) is 17.5 Å². The first-order valence-corrected chi connectivity index (χ1v) is 14.5. The van der Waals surface area contributed by atoms with Crippen molar-refractivity contribution in [3.63, 3.8) is 0 Å². The molecule has 7 aliphatic rings. The van der Waals surface area contributed by atoms with Gasteiger partial charge in [-0.2, -0.15) is 0 Å². The molecule has 3 N–H and O–H groups in total. The summed E-state index contributed by atoms with van der Waals surface area (Å²) in [4.78, 5) is 34.2. The van der Waals surface area contributed by atoms with Crippen LogP contribution in [0, 0.1) is 0 Å². The number of aromatic nitrogens is 3. The van der Waals surface area contributed by atoms with E-state index in [1.54, 1.807) is 6.20 Å². The van der Waals surface area contributed by atoms with Crippen molar-refractivity contribution in [3.05, 3.63) is 60.6 Å². The summed E-state index contributed by atoms with van der Waals surface area (Å²) in [6.45, 7) is 6.12. The molecule has 2 atom stereocenters. The Morgan fingerprint density at radius 3 is 2.61 bits per heavy atom. The Bertz CT molecular complexity index is 1390.